The minimum absolute atomic E-state index is 0.0248. The molecule has 27 heavy (non-hydrogen) atoms. The lowest BCUT2D eigenvalue weighted by Crippen LogP contribution is -2.42. The van der Waals surface area contributed by atoms with Crippen molar-refractivity contribution in [3.05, 3.63) is 69.8 Å². The first kappa shape index (κ1) is 19.8. The Kier molecular flexibility index (Phi) is 6.17. The minimum atomic E-state index is -0.413. The summed E-state index contributed by atoms with van der Waals surface area (Å²) in [5, 5.41) is 23.3. The fourth-order valence-electron chi connectivity index (χ4n) is 2.60. The van der Waals surface area contributed by atoms with Crippen molar-refractivity contribution in [2.24, 2.45) is 0 Å². The Morgan fingerprint density at radius 3 is 2.30 bits per heavy atom. The van der Waals surface area contributed by atoms with Gasteiger partial charge >= 0.3 is 0 Å². The molecule has 3 aromatic rings. The predicted octanol–water partition coefficient (Wildman–Crippen LogP) is 4.16. The molecule has 2 aromatic carbocycles. The zero-order valence-corrected chi connectivity index (χ0v) is 16.8. The van der Waals surface area contributed by atoms with Crippen molar-refractivity contribution in [3.8, 4) is 11.3 Å². The zero-order valence-electron chi connectivity index (χ0n) is 15.3. The number of aliphatic hydroxyl groups is 1. The monoisotopic (exact) mass is 404 g/mol. The normalized spacial score (nSPS) is 11.7. The molecule has 0 fully saturated rings. The van der Waals surface area contributed by atoms with Crippen LogP contribution in [-0.2, 0) is 13.1 Å². The molecule has 0 aliphatic rings. The first-order valence-corrected chi connectivity index (χ1v) is 9.43. The van der Waals surface area contributed by atoms with Gasteiger partial charge in [-0.15, -0.1) is 0 Å². The molecule has 2 N–H and O–H groups in total. The molecule has 142 valence electrons. The van der Waals surface area contributed by atoms with E-state index >= 15 is 0 Å². The van der Waals surface area contributed by atoms with Gasteiger partial charge in [-0.3, -0.25) is 0 Å². The Morgan fingerprint density at radius 1 is 1.00 bits per heavy atom. The number of benzene rings is 2. The summed E-state index contributed by atoms with van der Waals surface area (Å²) in [6, 6.07) is 15.3. The van der Waals surface area contributed by atoms with E-state index in [1.165, 1.54) is 0 Å². The highest BCUT2D eigenvalue weighted by molar-refractivity contribution is 6.35. The van der Waals surface area contributed by atoms with E-state index in [1.54, 1.807) is 16.9 Å². The number of hydrogen-bond acceptors (Lipinski definition) is 4. The molecule has 0 radical (unpaired) electrons. The quantitative estimate of drug-likeness (QED) is 0.620. The first-order chi connectivity index (χ1) is 12.9. The summed E-state index contributed by atoms with van der Waals surface area (Å²) in [6.07, 6.45) is 0. The van der Waals surface area contributed by atoms with Crippen LogP contribution in [0.25, 0.3) is 11.3 Å². The van der Waals surface area contributed by atoms with Crippen LogP contribution in [0, 0.1) is 0 Å². The van der Waals surface area contributed by atoms with Crippen molar-refractivity contribution in [1.29, 1.82) is 0 Å². The topological polar surface area (TPSA) is 63.0 Å². The van der Waals surface area contributed by atoms with E-state index in [1.807, 2.05) is 50.2 Å². The maximum Gasteiger partial charge on any atom is 0.117 e. The number of aromatic nitrogens is 3. The molecule has 0 saturated carbocycles. The summed E-state index contributed by atoms with van der Waals surface area (Å²) in [5.74, 6) is 0. The second-order valence-corrected chi connectivity index (χ2v) is 7.80. The van der Waals surface area contributed by atoms with Gasteiger partial charge < -0.3 is 10.4 Å². The zero-order chi connectivity index (χ0) is 19.4. The number of halogens is 2. The SMILES string of the molecule is CC(C)(CO)NCc1nn(Cc2c(Cl)cccc2Cl)nc1-c1ccccc1. The second kappa shape index (κ2) is 8.40. The van der Waals surface area contributed by atoms with Crippen LogP contribution in [0.1, 0.15) is 25.1 Å². The molecule has 5 nitrogen and oxygen atoms in total. The van der Waals surface area contributed by atoms with Crippen LogP contribution in [0.15, 0.2) is 48.5 Å². The van der Waals surface area contributed by atoms with Crippen molar-refractivity contribution >= 4 is 23.2 Å². The Balaban J connectivity index is 1.94. The Bertz CT molecular complexity index is 889. The van der Waals surface area contributed by atoms with Crippen LogP contribution in [-0.4, -0.2) is 32.2 Å². The van der Waals surface area contributed by atoms with E-state index in [9.17, 15) is 5.11 Å². The minimum Gasteiger partial charge on any atom is -0.394 e. The lowest BCUT2D eigenvalue weighted by atomic mass is 10.1. The molecular formula is C20H22Cl2N4O. The maximum absolute atomic E-state index is 9.49. The van der Waals surface area contributed by atoms with Crippen LogP contribution in [0.2, 0.25) is 10.0 Å². The molecule has 0 aliphatic carbocycles. The van der Waals surface area contributed by atoms with Crippen molar-refractivity contribution < 1.29 is 5.11 Å². The van der Waals surface area contributed by atoms with Crippen LogP contribution >= 0.6 is 23.2 Å². The molecule has 1 heterocycles. The lowest BCUT2D eigenvalue weighted by molar-refractivity contribution is 0.187. The van der Waals surface area contributed by atoms with Crippen molar-refractivity contribution in [3.63, 3.8) is 0 Å². The molecule has 7 heteroatoms. The molecule has 0 bridgehead atoms. The molecule has 0 atom stereocenters. The molecule has 1 aromatic heterocycles. The third kappa shape index (κ3) is 4.87. The molecule has 0 aliphatic heterocycles. The molecular weight excluding hydrogens is 383 g/mol. The summed E-state index contributed by atoms with van der Waals surface area (Å²) in [7, 11) is 0. The van der Waals surface area contributed by atoms with Crippen molar-refractivity contribution in [2.75, 3.05) is 6.61 Å². The van der Waals surface area contributed by atoms with Gasteiger partial charge in [-0.25, -0.2) is 0 Å². The Hall–Kier alpha value is -1.92. The molecule has 0 unspecified atom stereocenters. The second-order valence-electron chi connectivity index (χ2n) is 6.99. The summed E-state index contributed by atoms with van der Waals surface area (Å²) < 4.78 is 0. The van der Waals surface area contributed by atoms with Crippen LogP contribution in [0.5, 0.6) is 0 Å². The molecule has 0 spiro atoms. The predicted molar refractivity (Wildman–Crippen MR) is 109 cm³/mol. The van der Waals surface area contributed by atoms with Crippen molar-refractivity contribution in [2.45, 2.75) is 32.5 Å². The Morgan fingerprint density at radius 2 is 1.67 bits per heavy atom. The fourth-order valence-corrected chi connectivity index (χ4v) is 3.11. The van der Waals surface area contributed by atoms with E-state index in [0.717, 1.165) is 22.5 Å². The van der Waals surface area contributed by atoms with E-state index in [2.05, 4.69) is 15.5 Å². The van der Waals surface area contributed by atoms with Gasteiger partial charge in [0, 0.05) is 33.3 Å². The van der Waals surface area contributed by atoms with E-state index in [-0.39, 0.29) is 6.61 Å². The van der Waals surface area contributed by atoms with Gasteiger partial charge in [0.1, 0.15) is 11.4 Å². The van der Waals surface area contributed by atoms with E-state index in [0.29, 0.717) is 23.1 Å². The first-order valence-electron chi connectivity index (χ1n) is 8.68. The number of rotatable bonds is 7. The molecule has 0 amide bonds. The van der Waals surface area contributed by atoms with Gasteiger partial charge in [-0.2, -0.15) is 15.0 Å². The molecule has 0 saturated heterocycles. The average molecular weight is 405 g/mol. The third-order valence-electron chi connectivity index (χ3n) is 4.26. The summed E-state index contributed by atoms with van der Waals surface area (Å²) in [6.45, 7) is 4.75. The largest absolute Gasteiger partial charge is 0.394 e. The number of aliphatic hydroxyl groups excluding tert-OH is 1. The van der Waals surface area contributed by atoms with Crippen molar-refractivity contribution in [1.82, 2.24) is 20.3 Å². The van der Waals surface area contributed by atoms with Gasteiger partial charge in [0.05, 0.1) is 13.2 Å². The highest BCUT2D eigenvalue weighted by atomic mass is 35.5. The average Bonchev–Trinajstić information content (AvgIpc) is 3.07. The number of nitrogens with one attached hydrogen (secondary N) is 1. The molecule has 3 rings (SSSR count). The number of nitrogens with zero attached hydrogens (tertiary/aromatic N) is 3. The van der Waals surface area contributed by atoms with Crippen LogP contribution in [0.4, 0.5) is 0 Å². The maximum atomic E-state index is 9.49. The van der Waals surface area contributed by atoms with Gasteiger partial charge in [0.25, 0.3) is 0 Å². The van der Waals surface area contributed by atoms with Gasteiger partial charge in [-0.1, -0.05) is 59.6 Å². The summed E-state index contributed by atoms with van der Waals surface area (Å²) in [4.78, 5) is 1.61. The standard InChI is InChI=1S/C20H22Cl2N4O/c1-20(2,13-27)23-11-18-19(14-7-4-3-5-8-14)25-26(24-18)12-15-16(21)9-6-10-17(15)22/h3-10,23,27H,11-13H2,1-2H3. The summed E-state index contributed by atoms with van der Waals surface area (Å²) >= 11 is 12.6. The fraction of sp³-hybridized carbons (Fsp3) is 0.300. The summed E-state index contributed by atoms with van der Waals surface area (Å²) in [5.41, 5.74) is 2.94. The van der Waals surface area contributed by atoms with Crippen LogP contribution in [0.3, 0.4) is 0 Å². The highest BCUT2D eigenvalue weighted by Crippen LogP contribution is 2.26. The van der Waals surface area contributed by atoms with Gasteiger partial charge in [0.15, 0.2) is 0 Å². The smallest absolute Gasteiger partial charge is 0.117 e. The van der Waals surface area contributed by atoms with Crippen LogP contribution < -0.4 is 5.32 Å². The van der Waals surface area contributed by atoms with E-state index in [4.69, 9.17) is 23.2 Å². The third-order valence-corrected chi connectivity index (χ3v) is 4.97. The van der Waals surface area contributed by atoms with Gasteiger partial charge in [-0.05, 0) is 26.0 Å². The Labute approximate surface area is 168 Å². The highest BCUT2D eigenvalue weighted by Gasteiger charge is 2.19. The number of hydrogen-bond donors (Lipinski definition) is 2. The lowest BCUT2D eigenvalue weighted by Gasteiger charge is -2.23. The van der Waals surface area contributed by atoms with E-state index < -0.39 is 5.54 Å². The van der Waals surface area contributed by atoms with Gasteiger partial charge in [0.2, 0.25) is 0 Å².